The molecule has 2 aliphatic rings. The standard InChI is InChI=1S/C16H19N3S/c1-10-4-6-13(7-5-10)14-8-19-11(2)9-20-16(19)18-15(14)12(3)17/h4-7,9,12H,8,17H2,1-3H3. The summed E-state index contributed by atoms with van der Waals surface area (Å²) in [5, 5.41) is 3.20. The van der Waals surface area contributed by atoms with E-state index in [2.05, 4.69) is 48.4 Å². The van der Waals surface area contributed by atoms with Gasteiger partial charge in [0.15, 0.2) is 5.17 Å². The van der Waals surface area contributed by atoms with Gasteiger partial charge in [0, 0.05) is 17.3 Å². The highest BCUT2D eigenvalue weighted by Crippen LogP contribution is 2.35. The van der Waals surface area contributed by atoms with E-state index in [0.717, 1.165) is 17.4 Å². The molecule has 104 valence electrons. The predicted octanol–water partition coefficient (Wildman–Crippen LogP) is 3.33. The minimum absolute atomic E-state index is 0.0533. The van der Waals surface area contributed by atoms with Crippen molar-refractivity contribution in [2.45, 2.75) is 26.8 Å². The van der Waals surface area contributed by atoms with Gasteiger partial charge < -0.3 is 10.6 Å². The minimum Gasteiger partial charge on any atom is -0.323 e. The van der Waals surface area contributed by atoms with Crippen LogP contribution < -0.4 is 5.73 Å². The van der Waals surface area contributed by atoms with Crippen molar-refractivity contribution in [2.24, 2.45) is 10.7 Å². The lowest BCUT2D eigenvalue weighted by molar-refractivity contribution is 0.581. The molecule has 0 fully saturated rings. The lowest BCUT2D eigenvalue weighted by Gasteiger charge is -2.29. The largest absolute Gasteiger partial charge is 0.323 e. The molecule has 1 aromatic carbocycles. The average molecular weight is 285 g/mol. The summed E-state index contributed by atoms with van der Waals surface area (Å²) in [6.45, 7) is 7.09. The van der Waals surface area contributed by atoms with Crippen molar-refractivity contribution in [2.75, 3.05) is 6.54 Å². The summed E-state index contributed by atoms with van der Waals surface area (Å²) >= 11 is 1.68. The number of benzene rings is 1. The molecule has 0 radical (unpaired) electrons. The molecule has 2 heterocycles. The van der Waals surface area contributed by atoms with Crippen molar-refractivity contribution < 1.29 is 0 Å². The molecule has 0 saturated heterocycles. The van der Waals surface area contributed by atoms with Crippen molar-refractivity contribution in [3.63, 3.8) is 0 Å². The number of nitrogens with two attached hydrogens (primary N) is 1. The molecule has 3 rings (SSSR count). The van der Waals surface area contributed by atoms with Crippen molar-refractivity contribution >= 4 is 22.5 Å². The van der Waals surface area contributed by atoms with Gasteiger partial charge in [-0.3, -0.25) is 0 Å². The fourth-order valence-corrected chi connectivity index (χ4v) is 3.37. The summed E-state index contributed by atoms with van der Waals surface area (Å²) in [5.41, 5.74) is 12.1. The fraction of sp³-hybridized carbons (Fsp3) is 0.312. The molecule has 4 heteroatoms. The van der Waals surface area contributed by atoms with Gasteiger partial charge in [-0.05, 0) is 31.7 Å². The van der Waals surface area contributed by atoms with Crippen LogP contribution in [0.2, 0.25) is 0 Å². The lowest BCUT2D eigenvalue weighted by Crippen LogP contribution is -2.32. The van der Waals surface area contributed by atoms with Gasteiger partial charge in [-0.15, -0.1) is 0 Å². The van der Waals surface area contributed by atoms with E-state index in [1.165, 1.54) is 22.4 Å². The number of fused-ring (bicyclic) bond motifs is 1. The van der Waals surface area contributed by atoms with Gasteiger partial charge in [-0.2, -0.15) is 0 Å². The van der Waals surface area contributed by atoms with E-state index in [0.29, 0.717) is 0 Å². The second-order valence-corrected chi connectivity index (χ2v) is 6.21. The number of hydrogen-bond donors (Lipinski definition) is 1. The molecule has 0 amide bonds. The van der Waals surface area contributed by atoms with Crippen molar-refractivity contribution in [3.05, 3.63) is 52.2 Å². The second-order valence-electron chi connectivity index (χ2n) is 5.38. The molecule has 0 saturated carbocycles. The maximum atomic E-state index is 6.13. The zero-order valence-corrected chi connectivity index (χ0v) is 12.9. The van der Waals surface area contributed by atoms with Crippen molar-refractivity contribution in [1.82, 2.24) is 4.90 Å². The normalized spacial score (nSPS) is 19.7. The predicted molar refractivity (Wildman–Crippen MR) is 87.2 cm³/mol. The highest BCUT2D eigenvalue weighted by molar-refractivity contribution is 8.16. The molecule has 0 spiro atoms. The van der Waals surface area contributed by atoms with E-state index in [4.69, 9.17) is 10.7 Å². The van der Waals surface area contributed by atoms with Gasteiger partial charge in [0.1, 0.15) is 0 Å². The van der Waals surface area contributed by atoms with E-state index in [1.807, 2.05) is 6.92 Å². The Hall–Kier alpha value is -1.52. The van der Waals surface area contributed by atoms with Crippen LogP contribution in [0.5, 0.6) is 0 Å². The maximum Gasteiger partial charge on any atom is 0.173 e. The first-order valence-electron chi connectivity index (χ1n) is 6.81. The molecular weight excluding hydrogens is 266 g/mol. The van der Waals surface area contributed by atoms with Crippen LogP contribution in [0.15, 0.2) is 46.1 Å². The zero-order chi connectivity index (χ0) is 14.3. The lowest BCUT2D eigenvalue weighted by atomic mass is 9.98. The summed E-state index contributed by atoms with van der Waals surface area (Å²) in [7, 11) is 0. The van der Waals surface area contributed by atoms with Gasteiger partial charge in [0.05, 0.1) is 12.2 Å². The Bertz CT molecular complexity index is 624. The Morgan fingerprint density at radius 1 is 1.25 bits per heavy atom. The quantitative estimate of drug-likeness (QED) is 0.906. The third-order valence-corrected chi connectivity index (χ3v) is 4.65. The fourth-order valence-electron chi connectivity index (χ4n) is 2.48. The van der Waals surface area contributed by atoms with Crippen molar-refractivity contribution in [3.8, 4) is 0 Å². The van der Waals surface area contributed by atoms with Crippen LogP contribution in [0.25, 0.3) is 5.57 Å². The van der Waals surface area contributed by atoms with Crippen LogP contribution in [0, 0.1) is 6.92 Å². The number of amidine groups is 1. The molecular formula is C16H19N3S. The van der Waals surface area contributed by atoms with Crippen LogP contribution in [0.1, 0.15) is 25.0 Å². The number of hydrogen-bond acceptors (Lipinski definition) is 4. The molecule has 2 N–H and O–H groups in total. The van der Waals surface area contributed by atoms with E-state index in [1.54, 1.807) is 11.8 Å². The van der Waals surface area contributed by atoms with Crippen molar-refractivity contribution in [1.29, 1.82) is 0 Å². The smallest absolute Gasteiger partial charge is 0.173 e. The second kappa shape index (κ2) is 5.11. The SMILES string of the molecule is CC1=CSC2=NC(C(C)N)=C(c3ccc(C)cc3)CN12. The van der Waals surface area contributed by atoms with E-state index in [9.17, 15) is 0 Å². The number of rotatable bonds is 2. The van der Waals surface area contributed by atoms with Gasteiger partial charge in [-0.1, -0.05) is 41.6 Å². The van der Waals surface area contributed by atoms with Crippen LogP contribution >= 0.6 is 11.8 Å². The first-order valence-corrected chi connectivity index (χ1v) is 7.69. The van der Waals surface area contributed by atoms with Crippen LogP contribution in [0.4, 0.5) is 0 Å². The molecule has 0 aromatic heterocycles. The number of aryl methyl sites for hydroxylation is 1. The molecule has 20 heavy (non-hydrogen) atoms. The summed E-state index contributed by atoms with van der Waals surface area (Å²) < 4.78 is 0. The first-order chi connectivity index (χ1) is 9.56. The number of nitrogens with zero attached hydrogens (tertiary/aromatic N) is 2. The van der Waals surface area contributed by atoms with Gasteiger partial charge in [0.2, 0.25) is 0 Å². The molecule has 2 aliphatic heterocycles. The number of allylic oxidation sites excluding steroid dienone is 1. The average Bonchev–Trinajstić information content (AvgIpc) is 2.79. The number of aliphatic imine (C=N–C) groups is 1. The van der Waals surface area contributed by atoms with Crippen LogP contribution in [-0.4, -0.2) is 22.7 Å². The Balaban J connectivity index is 2.07. The van der Waals surface area contributed by atoms with Gasteiger partial charge in [0.25, 0.3) is 0 Å². The topological polar surface area (TPSA) is 41.6 Å². The van der Waals surface area contributed by atoms with E-state index < -0.39 is 0 Å². The highest BCUT2D eigenvalue weighted by Gasteiger charge is 2.28. The van der Waals surface area contributed by atoms with Crippen LogP contribution in [-0.2, 0) is 0 Å². The molecule has 0 aliphatic carbocycles. The number of thioether (sulfide) groups is 1. The molecule has 3 nitrogen and oxygen atoms in total. The van der Waals surface area contributed by atoms with Gasteiger partial charge >= 0.3 is 0 Å². The molecule has 1 atom stereocenters. The Morgan fingerprint density at radius 3 is 2.60 bits per heavy atom. The Labute approximate surface area is 124 Å². The van der Waals surface area contributed by atoms with E-state index >= 15 is 0 Å². The minimum atomic E-state index is -0.0533. The van der Waals surface area contributed by atoms with Crippen LogP contribution in [0.3, 0.4) is 0 Å². The summed E-state index contributed by atoms with van der Waals surface area (Å²) in [5.74, 6) is 0. The Morgan fingerprint density at radius 2 is 1.95 bits per heavy atom. The third-order valence-electron chi connectivity index (χ3n) is 3.66. The molecule has 0 bridgehead atoms. The highest BCUT2D eigenvalue weighted by atomic mass is 32.2. The molecule has 1 aromatic rings. The summed E-state index contributed by atoms with van der Waals surface area (Å²) in [4.78, 5) is 7.04. The summed E-state index contributed by atoms with van der Waals surface area (Å²) in [6.07, 6.45) is 0. The monoisotopic (exact) mass is 285 g/mol. The zero-order valence-electron chi connectivity index (χ0n) is 12.1. The maximum absolute atomic E-state index is 6.13. The molecule has 1 unspecified atom stereocenters. The summed E-state index contributed by atoms with van der Waals surface area (Å²) in [6, 6.07) is 8.55. The third kappa shape index (κ3) is 2.30. The first kappa shape index (κ1) is 13.5. The van der Waals surface area contributed by atoms with Gasteiger partial charge in [-0.25, -0.2) is 4.99 Å². The Kier molecular flexibility index (Phi) is 3.44. The van der Waals surface area contributed by atoms with E-state index in [-0.39, 0.29) is 6.04 Å².